The Bertz CT molecular complexity index is 900. The molecule has 2 N–H and O–H groups in total. The number of furan rings is 1. The van der Waals surface area contributed by atoms with Crippen molar-refractivity contribution in [1.82, 2.24) is 0 Å². The monoisotopic (exact) mass is 369 g/mol. The number of esters is 1. The molecule has 0 saturated carbocycles. The summed E-state index contributed by atoms with van der Waals surface area (Å²) in [5.41, 5.74) is 0.245. The highest BCUT2D eigenvalue weighted by atomic mass is 32.2. The maximum Gasteiger partial charge on any atom is 0.374 e. The van der Waals surface area contributed by atoms with Crippen molar-refractivity contribution in [1.29, 1.82) is 0 Å². The predicted octanol–water partition coefficient (Wildman–Crippen LogP) is 0.984. The number of primary sulfonamides is 1. The number of methoxy groups -OCH3 is 2. The first-order valence-electron chi connectivity index (χ1n) is 6.81. The van der Waals surface area contributed by atoms with E-state index in [1.54, 1.807) is 6.07 Å². The summed E-state index contributed by atoms with van der Waals surface area (Å²) in [5.74, 6) is -1.08. The van der Waals surface area contributed by atoms with Crippen molar-refractivity contribution < 1.29 is 36.6 Å². The van der Waals surface area contributed by atoms with Gasteiger partial charge in [0.1, 0.15) is 0 Å². The van der Waals surface area contributed by atoms with Gasteiger partial charge in [-0.3, -0.25) is 4.79 Å². The second-order valence-corrected chi connectivity index (χ2v) is 6.23. The Morgan fingerprint density at radius 3 is 2.32 bits per heavy atom. The molecule has 1 heterocycles. The first-order valence-corrected chi connectivity index (χ1v) is 8.36. The maximum absolute atomic E-state index is 12.1. The van der Waals surface area contributed by atoms with Crippen LogP contribution in [0, 0.1) is 0 Å². The molecule has 0 aliphatic carbocycles. The van der Waals surface area contributed by atoms with Crippen LogP contribution in [0.3, 0.4) is 0 Å². The smallest absolute Gasteiger partial charge is 0.374 e. The molecule has 1 aromatic heterocycles. The number of rotatable bonds is 7. The third kappa shape index (κ3) is 4.37. The van der Waals surface area contributed by atoms with E-state index in [0.29, 0.717) is 11.5 Å². The number of Topliss-reactive ketones (excluding diaryl/α,β-unsaturated/α-hetero) is 1. The number of nitrogens with two attached hydrogens (primary N) is 1. The van der Waals surface area contributed by atoms with Crippen molar-refractivity contribution in [3.63, 3.8) is 0 Å². The molecule has 0 aliphatic rings. The van der Waals surface area contributed by atoms with Crippen LogP contribution in [0.4, 0.5) is 0 Å². The van der Waals surface area contributed by atoms with Gasteiger partial charge in [-0.1, -0.05) is 0 Å². The standard InChI is InChI=1S/C15H15NO8S/c1-21-11-4-3-9(7-13(11)22-2)10(17)8-23-15(18)12-5-6-14(24-12)25(16,19)20/h3-7H,8H2,1-2H3,(H2,16,19,20). The highest BCUT2D eigenvalue weighted by Crippen LogP contribution is 2.27. The van der Waals surface area contributed by atoms with Crippen LogP contribution in [0.2, 0.25) is 0 Å². The van der Waals surface area contributed by atoms with Gasteiger partial charge >= 0.3 is 5.97 Å². The van der Waals surface area contributed by atoms with Crippen molar-refractivity contribution in [2.45, 2.75) is 5.09 Å². The maximum atomic E-state index is 12.1. The van der Waals surface area contributed by atoms with Gasteiger partial charge in [0.2, 0.25) is 10.9 Å². The van der Waals surface area contributed by atoms with Crippen LogP contribution in [0.25, 0.3) is 0 Å². The van der Waals surface area contributed by atoms with E-state index < -0.39 is 33.5 Å². The molecule has 0 fully saturated rings. The van der Waals surface area contributed by atoms with Crippen molar-refractivity contribution in [2.75, 3.05) is 20.8 Å². The minimum atomic E-state index is -4.07. The Kier molecular flexibility index (Phi) is 5.45. The van der Waals surface area contributed by atoms with Crippen LogP contribution in [0.15, 0.2) is 39.8 Å². The van der Waals surface area contributed by atoms with Crippen LogP contribution >= 0.6 is 0 Å². The van der Waals surface area contributed by atoms with Gasteiger partial charge in [0.25, 0.3) is 10.0 Å². The summed E-state index contributed by atoms with van der Waals surface area (Å²) in [6.45, 7) is -0.570. The highest BCUT2D eigenvalue weighted by Gasteiger charge is 2.20. The Hall–Kier alpha value is -2.85. The molecule has 0 radical (unpaired) electrons. The van der Waals surface area contributed by atoms with Crippen LogP contribution < -0.4 is 14.6 Å². The SMILES string of the molecule is COc1ccc(C(=O)COC(=O)c2ccc(S(N)(=O)=O)o2)cc1OC. The fourth-order valence-electron chi connectivity index (χ4n) is 1.88. The number of carbonyl (C=O) groups excluding carboxylic acids is 2. The Labute approximate surface area is 143 Å². The van der Waals surface area contributed by atoms with Gasteiger partial charge in [0.15, 0.2) is 23.9 Å². The lowest BCUT2D eigenvalue weighted by molar-refractivity contribution is 0.0438. The molecule has 1 aromatic carbocycles. The molecule has 134 valence electrons. The fraction of sp³-hybridized carbons (Fsp3) is 0.200. The molecule has 25 heavy (non-hydrogen) atoms. The lowest BCUT2D eigenvalue weighted by Crippen LogP contribution is -2.14. The Morgan fingerprint density at radius 2 is 1.76 bits per heavy atom. The van der Waals surface area contributed by atoms with Gasteiger partial charge in [-0.2, -0.15) is 0 Å². The molecule has 0 aliphatic heterocycles. The van der Waals surface area contributed by atoms with Crippen molar-refractivity contribution in [2.24, 2.45) is 5.14 Å². The Morgan fingerprint density at radius 1 is 1.08 bits per heavy atom. The molecule has 0 atom stereocenters. The highest BCUT2D eigenvalue weighted by molar-refractivity contribution is 7.89. The summed E-state index contributed by atoms with van der Waals surface area (Å²) in [5, 5.41) is 4.29. The van der Waals surface area contributed by atoms with Gasteiger partial charge < -0.3 is 18.6 Å². The number of carbonyl (C=O) groups is 2. The van der Waals surface area contributed by atoms with Gasteiger partial charge in [-0.25, -0.2) is 18.4 Å². The third-order valence-electron chi connectivity index (χ3n) is 3.10. The molecule has 0 amide bonds. The van der Waals surface area contributed by atoms with Crippen LogP contribution in [0.1, 0.15) is 20.9 Å². The van der Waals surface area contributed by atoms with Crippen molar-refractivity contribution in [3.05, 3.63) is 41.7 Å². The van der Waals surface area contributed by atoms with Gasteiger partial charge in [0.05, 0.1) is 14.2 Å². The zero-order valence-electron chi connectivity index (χ0n) is 13.3. The van der Waals surface area contributed by atoms with Gasteiger partial charge in [0, 0.05) is 5.56 Å². The van der Waals surface area contributed by atoms with Gasteiger partial charge in [-0.15, -0.1) is 0 Å². The number of hydrogen-bond acceptors (Lipinski definition) is 8. The van der Waals surface area contributed by atoms with E-state index in [0.717, 1.165) is 12.1 Å². The fourth-order valence-corrected chi connectivity index (χ4v) is 2.34. The summed E-state index contributed by atoms with van der Waals surface area (Å²) in [4.78, 5) is 23.9. The summed E-state index contributed by atoms with van der Waals surface area (Å²) in [6, 6.07) is 6.58. The normalized spacial score (nSPS) is 11.0. The lowest BCUT2D eigenvalue weighted by atomic mass is 10.1. The molecule has 2 aromatic rings. The molecule has 0 spiro atoms. The van der Waals surface area contributed by atoms with Crippen molar-refractivity contribution >= 4 is 21.8 Å². The zero-order chi connectivity index (χ0) is 18.6. The van der Waals surface area contributed by atoms with E-state index in [4.69, 9.17) is 23.8 Å². The largest absolute Gasteiger partial charge is 0.493 e. The number of ether oxygens (including phenoxy) is 3. The zero-order valence-corrected chi connectivity index (χ0v) is 14.2. The molecule has 0 unspecified atom stereocenters. The van der Waals surface area contributed by atoms with Crippen molar-refractivity contribution in [3.8, 4) is 11.5 Å². The van der Waals surface area contributed by atoms with Gasteiger partial charge in [-0.05, 0) is 30.3 Å². The first kappa shape index (κ1) is 18.5. The van der Waals surface area contributed by atoms with E-state index in [1.165, 1.54) is 26.4 Å². The van der Waals surface area contributed by atoms with Crippen LogP contribution in [0.5, 0.6) is 11.5 Å². The summed E-state index contributed by atoms with van der Waals surface area (Å²) < 4.78 is 41.9. The minimum Gasteiger partial charge on any atom is -0.493 e. The molecule has 0 bridgehead atoms. The second kappa shape index (κ2) is 7.36. The van der Waals surface area contributed by atoms with Crippen LogP contribution in [-0.2, 0) is 14.8 Å². The van der Waals surface area contributed by atoms with E-state index in [9.17, 15) is 18.0 Å². The molecule has 9 nitrogen and oxygen atoms in total. The summed E-state index contributed by atoms with van der Waals surface area (Å²) in [7, 11) is -1.19. The molecular formula is C15H15NO8S. The summed E-state index contributed by atoms with van der Waals surface area (Å²) in [6.07, 6.45) is 0. The molecular weight excluding hydrogens is 354 g/mol. The quantitative estimate of drug-likeness (QED) is 0.564. The molecule has 2 rings (SSSR count). The average Bonchev–Trinajstić information content (AvgIpc) is 3.09. The van der Waals surface area contributed by atoms with E-state index in [2.05, 4.69) is 0 Å². The minimum absolute atomic E-state index is 0.245. The first-order chi connectivity index (χ1) is 11.8. The number of ketones is 1. The average molecular weight is 369 g/mol. The Balaban J connectivity index is 2.04. The molecule has 10 heteroatoms. The predicted molar refractivity (Wildman–Crippen MR) is 84.2 cm³/mol. The number of benzene rings is 1. The molecule has 0 saturated heterocycles. The van der Waals surface area contributed by atoms with E-state index in [1.807, 2.05) is 0 Å². The summed E-state index contributed by atoms with van der Waals surface area (Å²) >= 11 is 0. The topological polar surface area (TPSA) is 135 Å². The lowest BCUT2D eigenvalue weighted by Gasteiger charge is -2.09. The van der Waals surface area contributed by atoms with Crippen LogP contribution in [-0.4, -0.2) is 41.0 Å². The van der Waals surface area contributed by atoms with E-state index in [-0.39, 0.29) is 11.3 Å². The number of sulfonamides is 1. The third-order valence-corrected chi connectivity index (χ3v) is 3.88. The number of hydrogen-bond donors (Lipinski definition) is 1. The second-order valence-electron chi connectivity index (χ2n) is 4.73. The van der Waals surface area contributed by atoms with E-state index >= 15 is 0 Å².